The van der Waals surface area contributed by atoms with Crippen molar-refractivity contribution in [3.8, 4) is 11.5 Å². The lowest BCUT2D eigenvalue weighted by Crippen LogP contribution is -2.40. The van der Waals surface area contributed by atoms with Crippen LogP contribution in [0, 0.1) is 5.92 Å². The Morgan fingerprint density at radius 3 is 2.67 bits per heavy atom. The summed E-state index contributed by atoms with van der Waals surface area (Å²) in [6, 6.07) is 7.68. The van der Waals surface area contributed by atoms with Crippen LogP contribution in [0.2, 0.25) is 0 Å². The van der Waals surface area contributed by atoms with Gasteiger partial charge < -0.3 is 24.6 Å². The van der Waals surface area contributed by atoms with E-state index < -0.39 is 6.10 Å². The van der Waals surface area contributed by atoms with Crippen LogP contribution in [0.1, 0.15) is 13.3 Å². The average Bonchev–Trinajstić information content (AvgIpc) is 3.05. The summed E-state index contributed by atoms with van der Waals surface area (Å²) < 4.78 is 16.0. The minimum Gasteiger partial charge on any atom is -0.497 e. The van der Waals surface area contributed by atoms with Gasteiger partial charge in [-0.1, -0.05) is 0 Å². The van der Waals surface area contributed by atoms with Crippen LogP contribution in [0.4, 0.5) is 0 Å². The Balaban J connectivity index is 1.65. The first-order valence-electron chi connectivity index (χ1n) is 7.45. The van der Waals surface area contributed by atoms with Crippen molar-refractivity contribution >= 4 is 0 Å². The molecule has 1 aromatic rings. The van der Waals surface area contributed by atoms with Crippen LogP contribution < -0.4 is 14.8 Å². The van der Waals surface area contributed by atoms with Gasteiger partial charge in [0.05, 0.1) is 13.7 Å². The highest BCUT2D eigenvalue weighted by Gasteiger charge is 2.22. The third-order valence-electron chi connectivity index (χ3n) is 3.85. The molecule has 0 spiro atoms. The van der Waals surface area contributed by atoms with Gasteiger partial charge in [0.25, 0.3) is 0 Å². The van der Waals surface area contributed by atoms with E-state index >= 15 is 0 Å². The number of benzene rings is 1. The van der Waals surface area contributed by atoms with Crippen LogP contribution in [-0.4, -0.2) is 50.7 Å². The Labute approximate surface area is 126 Å². The van der Waals surface area contributed by atoms with Crippen molar-refractivity contribution < 1.29 is 19.3 Å². The Kier molecular flexibility index (Phi) is 6.29. The lowest BCUT2D eigenvalue weighted by Gasteiger charge is -2.21. The fraction of sp³-hybridized carbons (Fsp3) is 0.625. The fourth-order valence-electron chi connectivity index (χ4n) is 2.36. The Morgan fingerprint density at radius 1 is 1.33 bits per heavy atom. The van der Waals surface area contributed by atoms with E-state index in [1.54, 1.807) is 7.11 Å². The van der Waals surface area contributed by atoms with Crippen LogP contribution in [0.25, 0.3) is 0 Å². The molecule has 1 aliphatic heterocycles. The number of methoxy groups -OCH3 is 1. The molecular formula is C16H25NO4. The van der Waals surface area contributed by atoms with E-state index in [-0.39, 0.29) is 6.61 Å². The molecular weight excluding hydrogens is 270 g/mol. The zero-order chi connectivity index (χ0) is 15.1. The second kappa shape index (κ2) is 8.22. The highest BCUT2D eigenvalue weighted by Crippen LogP contribution is 2.18. The topological polar surface area (TPSA) is 60.0 Å². The smallest absolute Gasteiger partial charge is 0.119 e. The number of aliphatic hydroxyl groups is 1. The number of aliphatic hydroxyl groups excluding tert-OH is 1. The van der Waals surface area contributed by atoms with Crippen molar-refractivity contribution in [1.82, 2.24) is 5.32 Å². The summed E-state index contributed by atoms with van der Waals surface area (Å²) in [5, 5.41) is 13.3. The summed E-state index contributed by atoms with van der Waals surface area (Å²) in [7, 11) is 1.63. The molecule has 2 N–H and O–H groups in total. The Bertz CT molecular complexity index is 403. The van der Waals surface area contributed by atoms with Crippen molar-refractivity contribution in [2.75, 3.05) is 33.5 Å². The quantitative estimate of drug-likeness (QED) is 0.760. The predicted octanol–water partition coefficient (Wildman–Crippen LogP) is 1.45. The number of ether oxygens (including phenoxy) is 3. The van der Waals surface area contributed by atoms with Crippen LogP contribution in [-0.2, 0) is 4.74 Å². The molecule has 0 aliphatic carbocycles. The molecule has 1 saturated heterocycles. The highest BCUT2D eigenvalue weighted by molar-refractivity contribution is 5.31. The van der Waals surface area contributed by atoms with Crippen molar-refractivity contribution in [1.29, 1.82) is 0 Å². The van der Waals surface area contributed by atoms with Gasteiger partial charge >= 0.3 is 0 Å². The van der Waals surface area contributed by atoms with E-state index in [9.17, 15) is 5.11 Å². The molecule has 21 heavy (non-hydrogen) atoms. The summed E-state index contributed by atoms with van der Waals surface area (Å²) in [6.07, 6.45) is 0.559. The van der Waals surface area contributed by atoms with Crippen LogP contribution in [0.3, 0.4) is 0 Å². The van der Waals surface area contributed by atoms with E-state index in [4.69, 9.17) is 14.2 Å². The normalized spacial score (nSPS) is 21.0. The van der Waals surface area contributed by atoms with Gasteiger partial charge in [-0.15, -0.1) is 0 Å². The molecule has 5 heteroatoms. The minimum absolute atomic E-state index is 0.271. The molecule has 118 valence electrons. The maximum atomic E-state index is 9.96. The lowest BCUT2D eigenvalue weighted by atomic mass is 10.0. The van der Waals surface area contributed by atoms with E-state index in [1.165, 1.54) is 0 Å². The molecule has 1 aromatic carbocycles. The van der Waals surface area contributed by atoms with Gasteiger partial charge in [0.15, 0.2) is 0 Å². The van der Waals surface area contributed by atoms with Gasteiger partial charge in [-0.2, -0.15) is 0 Å². The van der Waals surface area contributed by atoms with Crippen molar-refractivity contribution in [3.63, 3.8) is 0 Å². The molecule has 3 atom stereocenters. The van der Waals surface area contributed by atoms with Crippen LogP contribution in [0.15, 0.2) is 24.3 Å². The molecule has 1 heterocycles. The number of nitrogens with one attached hydrogen (secondary N) is 1. The Morgan fingerprint density at radius 2 is 2.05 bits per heavy atom. The SMILES string of the molecule is COc1ccc(OCC(O)CNC(C)C2CCOC2)cc1. The minimum atomic E-state index is -0.531. The number of hydrogen-bond acceptors (Lipinski definition) is 5. The zero-order valence-electron chi connectivity index (χ0n) is 12.7. The highest BCUT2D eigenvalue weighted by atomic mass is 16.5. The molecule has 1 aliphatic rings. The van der Waals surface area contributed by atoms with E-state index in [2.05, 4.69) is 12.2 Å². The van der Waals surface area contributed by atoms with Crippen molar-refractivity contribution in [3.05, 3.63) is 24.3 Å². The summed E-state index contributed by atoms with van der Waals surface area (Å²) in [4.78, 5) is 0. The third kappa shape index (κ3) is 5.19. The predicted molar refractivity (Wildman–Crippen MR) is 80.9 cm³/mol. The average molecular weight is 295 g/mol. The lowest BCUT2D eigenvalue weighted by molar-refractivity contribution is 0.100. The standard InChI is InChI=1S/C16H25NO4/c1-12(13-7-8-20-10-13)17-9-14(18)11-21-16-5-3-15(19-2)4-6-16/h3-6,12-14,17-18H,7-11H2,1-2H3. The second-order valence-corrected chi connectivity index (χ2v) is 5.46. The summed E-state index contributed by atoms with van der Waals surface area (Å²) in [5.41, 5.74) is 0. The van der Waals surface area contributed by atoms with E-state index in [0.29, 0.717) is 18.5 Å². The molecule has 1 fully saturated rings. The summed E-state index contributed by atoms with van der Waals surface area (Å²) >= 11 is 0. The number of hydrogen-bond donors (Lipinski definition) is 2. The van der Waals surface area contributed by atoms with Crippen LogP contribution >= 0.6 is 0 Å². The second-order valence-electron chi connectivity index (χ2n) is 5.46. The van der Waals surface area contributed by atoms with Crippen molar-refractivity contribution in [2.45, 2.75) is 25.5 Å². The molecule has 2 rings (SSSR count). The van der Waals surface area contributed by atoms with Crippen molar-refractivity contribution in [2.24, 2.45) is 5.92 Å². The third-order valence-corrected chi connectivity index (χ3v) is 3.85. The first kappa shape index (κ1) is 16.1. The monoisotopic (exact) mass is 295 g/mol. The summed E-state index contributed by atoms with van der Waals surface area (Å²) in [6.45, 7) is 4.59. The molecule has 0 radical (unpaired) electrons. The molecule has 0 amide bonds. The van der Waals surface area contributed by atoms with Gasteiger partial charge in [0, 0.05) is 19.2 Å². The Hall–Kier alpha value is -1.30. The largest absolute Gasteiger partial charge is 0.497 e. The first-order valence-corrected chi connectivity index (χ1v) is 7.45. The van der Waals surface area contributed by atoms with Gasteiger partial charge in [-0.05, 0) is 43.5 Å². The first-order chi connectivity index (χ1) is 10.2. The maximum absolute atomic E-state index is 9.96. The van der Waals surface area contributed by atoms with E-state index in [0.717, 1.165) is 31.1 Å². The summed E-state index contributed by atoms with van der Waals surface area (Å²) in [5.74, 6) is 2.06. The zero-order valence-corrected chi connectivity index (χ0v) is 12.7. The molecule has 0 bridgehead atoms. The molecule has 5 nitrogen and oxygen atoms in total. The van der Waals surface area contributed by atoms with Gasteiger partial charge in [-0.25, -0.2) is 0 Å². The van der Waals surface area contributed by atoms with Gasteiger partial charge in [-0.3, -0.25) is 0 Å². The molecule has 0 saturated carbocycles. The molecule has 0 aromatic heterocycles. The van der Waals surface area contributed by atoms with Gasteiger partial charge in [0.1, 0.15) is 24.2 Å². The van der Waals surface area contributed by atoms with Gasteiger partial charge in [0.2, 0.25) is 0 Å². The fourth-order valence-corrected chi connectivity index (χ4v) is 2.36. The molecule has 3 unspecified atom stereocenters. The maximum Gasteiger partial charge on any atom is 0.119 e. The van der Waals surface area contributed by atoms with E-state index in [1.807, 2.05) is 24.3 Å². The number of rotatable bonds is 8. The van der Waals surface area contributed by atoms with Crippen LogP contribution in [0.5, 0.6) is 11.5 Å².